The molecule has 2 heterocycles. The van der Waals surface area contributed by atoms with Gasteiger partial charge in [0.2, 0.25) is 5.91 Å². The van der Waals surface area contributed by atoms with Crippen molar-refractivity contribution in [2.75, 3.05) is 19.6 Å². The number of oxazole rings is 1. The van der Waals surface area contributed by atoms with Gasteiger partial charge in [0.25, 0.3) is 0 Å². The van der Waals surface area contributed by atoms with Crippen LogP contribution in [0.5, 0.6) is 0 Å². The number of nitrogens with zero attached hydrogens (tertiary/aromatic N) is 2. The molecule has 2 aromatic heterocycles. The van der Waals surface area contributed by atoms with Crippen molar-refractivity contribution in [1.82, 2.24) is 15.2 Å². The van der Waals surface area contributed by atoms with Gasteiger partial charge in [-0.2, -0.15) is 0 Å². The quantitative estimate of drug-likeness (QED) is 0.450. The summed E-state index contributed by atoms with van der Waals surface area (Å²) in [7, 11) is 0. The molecule has 8 heteroatoms. The van der Waals surface area contributed by atoms with E-state index in [2.05, 4.69) is 29.0 Å². The lowest BCUT2D eigenvalue weighted by atomic mass is 10.1. The lowest BCUT2D eigenvalue weighted by Crippen LogP contribution is -2.38. The zero-order valence-electron chi connectivity index (χ0n) is 17.0. The van der Waals surface area contributed by atoms with Gasteiger partial charge in [-0.1, -0.05) is 37.0 Å². The van der Waals surface area contributed by atoms with Gasteiger partial charge in [0.05, 0.1) is 23.5 Å². The Morgan fingerprint density at radius 1 is 1.23 bits per heavy atom. The molecule has 0 aliphatic heterocycles. The van der Waals surface area contributed by atoms with Crippen LogP contribution < -0.4 is 5.32 Å². The minimum absolute atomic E-state index is 0.000614. The second-order valence-electron chi connectivity index (χ2n) is 6.80. The summed E-state index contributed by atoms with van der Waals surface area (Å²) < 4.78 is 11.3. The third-order valence-corrected chi connectivity index (χ3v) is 5.48. The Hall–Kier alpha value is -2.28. The van der Waals surface area contributed by atoms with Crippen molar-refractivity contribution in [1.29, 1.82) is 0 Å². The molecule has 6 nitrogen and oxygen atoms in total. The number of carbonyl (C=O) groups excluding carboxylic acids is 1. The maximum absolute atomic E-state index is 12.4. The molecule has 0 radical (unpaired) electrons. The van der Waals surface area contributed by atoms with E-state index in [9.17, 15) is 4.79 Å². The first-order valence-corrected chi connectivity index (χ1v) is 10.7. The number of aromatic nitrogens is 1. The van der Waals surface area contributed by atoms with Crippen LogP contribution in [0.25, 0.3) is 11.3 Å². The average molecular weight is 450 g/mol. The van der Waals surface area contributed by atoms with E-state index in [-0.39, 0.29) is 18.4 Å². The molecular formula is C22H25Cl2N3O3. The van der Waals surface area contributed by atoms with Gasteiger partial charge in [-0.05, 0) is 43.4 Å². The van der Waals surface area contributed by atoms with Gasteiger partial charge >= 0.3 is 0 Å². The van der Waals surface area contributed by atoms with Gasteiger partial charge in [-0.15, -0.1) is 0 Å². The predicted molar refractivity (Wildman–Crippen MR) is 118 cm³/mol. The first-order valence-electron chi connectivity index (χ1n) is 9.96. The van der Waals surface area contributed by atoms with E-state index < -0.39 is 0 Å². The van der Waals surface area contributed by atoms with Crippen LogP contribution in [0.1, 0.15) is 38.0 Å². The molecule has 1 N–H and O–H groups in total. The molecule has 0 aliphatic rings. The lowest BCUT2D eigenvalue weighted by Gasteiger charge is -2.28. The summed E-state index contributed by atoms with van der Waals surface area (Å²) in [4.78, 5) is 18.9. The topological polar surface area (TPSA) is 71.5 Å². The summed E-state index contributed by atoms with van der Waals surface area (Å²) in [6.45, 7) is 6.39. The van der Waals surface area contributed by atoms with Crippen molar-refractivity contribution in [3.63, 3.8) is 0 Å². The normalized spacial score (nSPS) is 12.3. The van der Waals surface area contributed by atoms with Gasteiger partial charge in [0, 0.05) is 30.0 Å². The molecular weight excluding hydrogens is 425 g/mol. The summed E-state index contributed by atoms with van der Waals surface area (Å²) in [6, 6.07) is 8.97. The number of carbonyl (C=O) groups is 1. The van der Waals surface area contributed by atoms with Crippen molar-refractivity contribution in [2.24, 2.45) is 0 Å². The minimum Gasteiger partial charge on any atom is -0.468 e. The maximum Gasteiger partial charge on any atom is 0.220 e. The SMILES string of the molecule is CCN(CC)C(CNC(=O)CCc1ncc(-c2ccc(Cl)cc2Cl)o1)c1ccco1. The van der Waals surface area contributed by atoms with Crippen molar-refractivity contribution in [3.05, 3.63) is 64.5 Å². The van der Waals surface area contributed by atoms with Crippen LogP contribution >= 0.6 is 23.2 Å². The molecule has 0 fully saturated rings. The number of halogens is 2. The average Bonchev–Trinajstić information content (AvgIpc) is 3.42. The van der Waals surface area contributed by atoms with Crippen LogP contribution in [0.15, 0.2) is 51.6 Å². The molecule has 0 bridgehead atoms. The molecule has 0 saturated carbocycles. The smallest absolute Gasteiger partial charge is 0.220 e. The molecule has 0 aliphatic carbocycles. The van der Waals surface area contributed by atoms with Gasteiger partial charge in [0.15, 0.2) is 11.7 Å². The summed E-state index contributed by atoms with van der Waals surface area (Å²) >= 11 is 12.1. The second kappa shape index (κ2) is 10.7. The molecule has 0 saturated heterocycles. The number of benzene rings is 1. The van der Waals surface area contributed by atoms with Gasteiger partial charge in [0.1, 0.15) is 5.76 Å². The summed E-state index contributed by atoms with van der Waals surface area (Å²) in [5.41, 5.74) is 0.713. The Balaban J connectivity index is 1.55. The molecule has 1 unspecified atom stereocenters. The number of hydrogen-bond donors (Lipinski definition) is 1. The molecule has 3 aromatic rings. The number of aryl methyl sites for hydroxylation is 1. The highest BCUT2D eigenvalue weighted by molar-refractivity contribution is 6.36. The fourth-order valence-electron chi connectivity index (χ4n) is 3.31. The van der Waals surface area contributed by atoms with Gasteiger partial charge in [-0.3, -0.25) is 9.69 Å². The zero-order chi connectivity index (χ0) is 21.5. The Bertz CT molecular complexity index is 952. The molecule has 3 rings (SSSR count). The number of hydrogen-bond acceptors (Lipinski definition) is 5. The number of nitrogens with one attached hydrogen (secondary N) is 1. The Morgan fingerprint density at radius 2 is 2.03 bits per heavy atom. The van der Waals surface area contributed by atoms with Gasteiger partial charge < -0.3 is 14.2 Å². The summed E-state index contributed by atoms with van der Waals surface area (Å²) in [5, 5.41) is 4.04. The summed E-state index contributed by atoms with van der Waals surface area (Å²) in [5.74, 6) is 1.81. The van der Waals surface area contributed by atoms with E-state index in [0.717, 1.165) is 18.8 Å². The Morgan fingerprint density at radius 3 is 2.70 bits per heavy atom. The van der Waals surface area contributed by atoms with Crippen LogP contribution in [0.3, 0.4) is 0 Å². The molecule has 1 atom stereocenters. The first kappa shape index (κ1) is 22.4. The third-order valence-electron chi connectivity index (χ3n) is 4.93. The Labute approximate surface area is 186 Å². The number of likely N-dealkylation sites (N-methyl/N-ethyl adjacent to an activating group) is 1. The molecule has 1 amide bonds. The molecule has 160 valence electrons. The molecule has 30 heavy (non-hydrogen) atoms. The van der Waals surface area contributed by atoms with Crippen LogP contribution in [0.4, 0.5) is 0 Å². The third kappa shape index (κ3) is 5.65. The maximum atomic E-state index is 12.4. The monoisotopic (exact) mass is 449 g/mol. The molecule has 0 spiro atoms. The fourth-order valence-corrected chi connectivity index (χ4v) is 3.82. The zero-order valence-corrected chi connectivity index (χ0v) is 18.5. The summed E-state index contributed by atoms with van der Waals surface area (Å²) in [6.07, 6.45) is 3.93. The van der Waals surface area contributed by atoms with Crippen molar-refractivity contribution < 1.29 is 13.6 Å². The van der Waals surface area contributed by atoms with Crippen molar-refractivity contribution in [3.8, 4) is 11.3 Å². The van der Waals surface area contributed by atoms with E-state index in [4.69, 9.17) is 32.0 Å². The molecule has 1 aromatic carbocycles. The van der Waals surface area contributed by atoms with Crippen molar-refractivity contribution in [2.45, 2.75) is 32.7 Å². The van der Waals surface area contributed by atoms with Gasteiger partial charge in [-0.25, -0.2) is 4.98 Å². The van der Waals surface area contributed by atoms with Crippen LogP contribution in [0, 0.1) is 0 Å². The van der Waals surface area contributed by atoms with Crippen LogP contribution in [-0.4, -0.2) is 35.4 Å². The van der Waals surface area contributed by atoms with Crippen molar-refractivity contribution >= 4 is 29.1 Å². The largest absolute Gasteiger partial charge is 0.468 e. The number of amides is 1. The van der Waals surface area contributed by atoms with E-state index in [1.54, 1.807) is 30.7 Å². The van der Waals surface area contributed by atoms with E-state index in [1.807, 2.05) is 12.1 Å². The lowest BCUT2D eigenvalue weighted by molar-refractivity contribution is -0.121. The van der Waals surface area contributed by atoms with E-state index >= 15 is 0 Å². The predicted octanol–water partition coefficient (Wildman–Crippen LogP) is 5.37. The van der Waals surface area contributed by atoms with Crippen LogP contribution in [0.2, 0.25) is 10.0 Å². The fraction of sp³-hybridized carbons (Fsp3) is 0.364. The standard InChI is InChI=1S/C22H25Cl2N3O3/c1-3-27(4-2)18(19-6-5-11-29-19)13-25-21(28)9-10-22-26-14-20(30-22)16-8-7-15(23)12-17(16)24/h5-8,11-12,14,18H,3-4,9-10,13H2,1-2H3,(H,25,28). The van der Waals surface area contributed by atoms with E-state index in [0.29, 0.717) is 40.2 Å². The van der Waals surface area contributed by atoms with Crippen LogP contribution in [-0.2, 0) is 11.2 Å². The highest BCUT2D eigenvalue weighted by Crippen LogP contribution is 2.30. The number of furan rings is 1. The highest BCUT2D eigenvalue weighted by atomic mass is 35.5. The second-order valence-corrected chi connectivity index (χ2v) is 7.64. The first-order chi connectivity index (χ1) is 14.5. The highest BCUT2D eigenvalue weighted by Gasteiger charge is 2.21. The minimum atomic E-state index is -0.0667. The number of rotatable bonds is 10. The Kier molecular flexibility index (Phi) is 7.96. The van der Waals surface area contributed by atoms with E-state index in [1.165, 1.54) is 0 Å².